The lowest BCUT2D eigenvalue weighted by Crippen LogP contribution is -2.15. The highest BCUT2D eigenvalue weighted by molar-refractivity contribution is 8.01. The van der Waals surface area contributed by atoms with E-state index in [4.69, 9.17) is 0 Å². The van der Waals surface area contributed by atoms with E-state index >= 15 is 0 Å². The number of nitro groups is 1. The number of aromatic nitrogens is 1. The van der Waals surface area contributed by atoms with Gasteiger partial charge in [-0.15, -0.1) is 11.3 Å². The van der Waals surface area contributed by atoms with Crippen molar-refractivity contribution in [3.8, 4) is 11.3 Å². The second kappa shape index (κ2) is 8.11. The highest BCUT2D eigenvalue weighted by atomic mass is 32.2. The van der Waals surface area contributed by atoms with Crippen LogP contribution in [0.25, 0.3) is 11.3 Å². The van der Waals surface area contributed by atoms with Crippen LogP contribution in [-0.4, -0.2) is 21.6 Å². The van der Waals surface area contributed by atoms with Gasteiger partial charge in [-0.05, 0) is 13.0 Å². The van der Waals surface area contributed by atoms with Gasteiger partial charge in [-0.3, -0.25) is 14.9 Å². The van der Waals surface area contributed by atoms with Gasteiger partial charge in [-0.25, -0.2) is 4.98 Å². The third-order valence-electron chi connectivity index (χ3n) is 3.66. The Kier molecular flexibility index (Phi) is 5.65. The zero-order valence-corrected chi connectivity index (χ0v) is 15.5. The summed E-state index contributed by atoms with van der Waals surface area (Å²) in [7, 11) is 0. The molecule has 0 spiro atoms. The standard InChI is InChI=1S/C18H15N3O3S2/c1-12-14(8-5-9-16(12)21(23)24)19-17(22)11-26-18-20-15(10-25-18)13-6-3-2-4-7-13/h2-10H,11H2,1H3,(H,19,22). The van der Waals surface area contributed by atoms with Crippen LogP contribution in [0, 0.1) is 17.0 Å². The minimum atomic E-state index is -0.458. The van der Waals surface area contributed by atoms with Crippen molar-refractivity contribution in [3.63, 3.8) is 0 Å². The number of thiazole rings is 1. The predicted molar refractivity (Wildman–Crippen MR) is 105 cm³/mol. The van der Waals surface area contributed by atoms with Crippen molar-refractivity contribution >= 4 is 40.4 Å². The van der Waals surface area contributed by atoms with E-state index in [0.717, 1.165) is 15.6 Å². The number of nitrogens with zero attached hydrogens (tertiary/aromatic N) is 2. The van der Waals surface area contributed by atoms with Crippen LogP contribution in [-0.2, 0) is 4.79 Å². The fourth-order valence-corrected chi connectivity index (χ4v) is 3.97. The van der Waals surface area contributed by atoms with Crippen LogP contribution in [0.4, 0.5) is 11.4 Å². The lowest BCUT2D eigenvalue weighted by atomic mass is 10.1. The molecule has 3 rings (SSSR count). The normalized spacial score (nSPS) is 10.5. The molecule has 1 amide bonds. The van der Waals surface area contributed by atoms with Gasteiger partial charge in [0.15, 0.2) is 4.34 Å². The predicted octanol–water partition coefficient (Wildman–Crippen LogP) is 4.76. The molecule has 6 nitrogen and oxygen atoms in total. The molecule has 0 radical (unpaired) electrons. The largest absolute Gasteiger partial charge is 0.325 e. The highest BCUT2D eigenvalue weighted by Crippen LogP contribution is 2.29. The zero-order valence-electron chi connectivity index (χ0n) is 13.8. The Balaban J connectivity index is 1.61. The summed E-state index contributed by atoms with van der Waals surface area (Å²) in [6, 6.07) is 14.5. The molecule has 0 saturated heterocycles. The molecule has 8 heteroatoms. The Morgan fingerprint density at radius 1 is 1.23 bits per heavy atom. The third-order valence-corrected chi connectivity index (χ3v) is 5.68. The number of carbonyl (C=O) groups is 1. The molecule has 1 N–H and O–H groups in total. The molecule has 0 unspecified atom stereocenters. The highest BCUT2D eigenvalue weighted by Gasteiger charge is 2.15. The zero-order chi connectivity index (χ0) is 18.5. The molecule has 0 aliphatic heterocycles. The van der Waals surface area contributed by atoms with Gasteiger partial charge in [0.1, 0.15) is 0 Å². The van der Waals surface area contributed by atoms with Crippen molar-refractivity contribution < 1.29 is 9.72 Å². The summed E-state index contributed by atoms with van der Waals surface area (Å²) in [5.41, 5.74) is 2.80. The molecule has 0 aliphatic rings. The molecule has 0 aliphatic carbocycles. The molecule has 26 heavy (non-hydrogen) atoms. The summed E-state index contributed by atoms with van der Waals surface area (Å²) < 4.78 is 0.801. The van der Waals surface area contributed by atoms with Gasteiger partial charge in [-0.1, -0.05) is 48.2 Å². The number of hydrogen-bond acceptors (Lipinski definition) is 6. The molecule has 0 saturated carbocycles. The van der Waals surface area contributed by atoms with Crippen LogP contribution in [0.15, 0.2) is 58.3 Å². The monoisotopic (exact) mass is 385 g/mol. The summed E-state index contributed by atoms with van der Waals surface area (Å²) in [4.78, 5) is 27.2. The van der Waals surface area contributed by atoms with Gasteiger partial charge < -0.3 is 5.32 Å². The summed E-state index contributed by atoms with van der Waals surface area (Å²) in [5, 5.41) is 15.7. The fourth-order valence-electron chi connectivity index (χ4n) is 2.34. The minimum absolute atomic E-state index is 0.0112. The fraction of sp³-hybridized carbons (Fsp3) is 0.111. The summed E-state index contributed by atoms with van der Waals surface area (Å²) >= 11 is 2.83. The van der Waals surface area contributed by atoms with Crippen molar-refractivity contribution in [2.45, 2.75) is 11.3 Å². The van der Waals surface area contributed by atoms with E-state index in [-0.39, 0.29) is 17.3 Å². The lowest BCUT2D eigenvalue weighted by molar-refractivity contribution is -0.385. The molecule has 0 bridgehead atoms. The van der Waals surface area contributed by atoms with Gasteiger partial charge >= 0.3 is 0 Å². The first kappa shape index (κ1) is 18.1. The maximum atomic E-state index is 12.2. The van der Waals surface area contributed by atoms with Gasteiger partial charge in [-0.2, -0.15) is 0 Å². The maximum absolute atomic E-state index is 12.2. The van der Waals surface area contributed by atoms with Crippen molar-refractivity contribution in [2.24, 2.45) is 0 Å². The Hall–Kier alpha value is -2.71. The van der Waals surface area contributed by atoms with E-state index in [1.165, 1.54) is 29.2 Å². The van der Waals surface area contributed by atoms with Crippen LogP contribution >= 0.6 is 23.1 Å². The number of amides is 1. The van der Waals surface area contributed by atoms with Crippen molar-refractivity contribution in [1.29, 1.82) is 0 Å². The number of anilines is 1. The number of nitrogens with one attached hydrogen (secondary N) is 1. The number of rotatable bonds is 6. The van der Waals surface area contributed by atoms with Crippen molar-refractivity contribution in [3.05, 3.63) is 69.6 Å². The Bertz CT molecular complexity index is 942. The van der Waals surface area contributed by atoms with E-state index < -0.39 is 4.92 Å². The quantitative estimate of drug-likeness (QED) is 0.376. The lowest BCUT2D eigenvalue weighted by Gasteiger charge is -2.07. The average Bonchev–Trinajstić information content (AvgIpc) is 3.11. The molecule has 0 fully saturated rings. The maximum Gasteiger partial charge on any atom is 0.274 e. The van der Waals surface area contributed by atoms with Crippen LogP contribution < -0.4 is 5.32 Å². The van der Waals surface area contributed by atoms with Gasteiger partial charge in [0.25, 0.3) is 5.69 Å². The minimum Gasteiger partial charge on any atom is -0.325 e. The molecule has 3 aromatic rings. The second-order valence-electron chi connectivity index (χ2n) is 5.41. The van der Waals surface area contributed by atoms with Gasteiger partial charge in [0.05, 0.1) is 27.6 Å². The van der Waals surface area contributed by atoms with E-state index in [0.29, 0.717) is 11.3 Å². The second-order valence-corrected chi connectivity index (χ2v) is 7.49. The average molecular weight is 385 g/mol. The van der Waals surface area contributed by atoms with Crippen LogP contribution in [0.5, 0.6) is 0 Å². The van der Waals surface area contributed by atoms with E-state index in [1.807, 2.05) is 35.7 Å². The number of carbonyl (C=O) groups excluding carboxylic acids is 1. The summed E-state index contributed by atoms with van der Waals surface area (Å²) in [5.74, 6) is -0.0424. The van der Waals surface area contributed by atoms with Crippen molar-refractivity contribution in [2.75, 3.05) is 11.1 Å². The van der Waals surface area contributed by atoms with Gasteiger partial charge in [0, 0.05) is 17.0 Å². The Labute approximate surface area is 158 Å². The molecule has 2 aromatic carbocycles. The van der Waals surface area contributed by atoms with E-state index in [9.17, 15) is 14.9 Å². The first-order valence-electron chi connectivity index (χ1n) is 7.72. The number of nitro benzene ring substituents is 1. The Morgan fingerprint density at radius 3 is 2.73 bits per heavy atom. The van der Waals surface area contributed by atoms with Crippen molar-refractivity contribution in [1.82, 2.24) is 4.98 Å². The first-order valence-corrected chi connectivity index (χ1v) is 9.58. The number of hydrogen-bond donors (Lipinski definition) is 1. The first-order chi connectivity index (χ1) is 12.5. The molecule has 1 heterocycles. The molecular weight excluding hydrogens is 370 g/mol. The summed E-state index contributed by atoms with van der Waals surface area (Å²) in [6.45, 7) is 1.62. The van der Waals surface area contributed by atoms with Crippen LogP contribution in [0.1, 0.15) is 5.56 Å². The smallest absolute Gasteiger partial charge is 0.274 e. The van der Waals surface area contributed by atoms with Gasteiger partial charge in [0.2, 0.25) is 5.91 Å². The number of benzene rings is 2. The summed E-state index contributed by atoms with van der Waals surface area (Å²) in [6.07, 6.45) is 0. The number of thioether (sulfide) groups is 1. The Morgan fingerprint density at radius 2 is 2.00 bits per heavy atom. The van der Waals surface area contributed by atoms with E-state index in [2.05, 4.69) is 10.3 Å². The molecular formula is C18H15N3O3S2. The SMILES string of the molecule is Cc1c(NC(=O)CSc2nc(-c3ccccc3)cs2)cccc1[N+](=O)[O-]. The molecule has 1 aromatic heterocycles. The van der Waals surface area contributed by atoms with E-state index in [1.54, 1.807) is 19.1 Å². The van der Waals surface area contributed by atoms with Crippen LogP contribution in [0.2, 0.25) is 0 Å². The molecule has 0 atom stereocenters. The van der Waals surface area contributed by atoms with Crippen LogP contribution in [0.3, 0.4) is 0 Å². The third kappa shape index (κ3) is 4.27. The molecule has 132 valence electrons. The topological polar surface area (TPSA) is 85.1 Å².